The molecule has 0 bridgehead atoms. The summed E-state index contributed by atoms with van der Waals surface area (Å²) in [6.45, 7) is 3.79. The van der Waals surface area contributed by atoms with E-state index in [2.05, 4.69) is 10.6 Å². The number of hydrogen-bond acceptors (Lipinski definition) is 2. The molecule has 25 heavy (non-hydrogen) atoms. The van der Waals surface area contributed by atoms with E-state index in [1.165, 1.54) is 0 Å². The van der Waals surface area contributed by atoms with E-state index in [-0.39, 0.29) is 18.0 Å². The van der Waals surface area contributed by atoms with Crippen LogP contribution in [0.4, 0.5) is 10.5 Å². The average molecular weight is 360 g/mol. The molecule has 0 saturated heterocycles. The SMILES string of the molecule is CNC(=O)c1ccc(NC(=O)N(C)[C@H](C)c2cccc(Cl)c2)c(C)c1. The largest absolute Gasteiger partial charge is 0.355 e. The van der Waals surface area contributed by atoms with Crippen molar-refractivity contribution >= 4 is 29.2 Å². The number of nitrogens with one attached hydrogen (secondary N) is 2. The fourth-order valence-corrected chi connectivity index (χ4v) is 2.66. The van der Waals surface area contributed by atoms with Crippen LogP contribution in [0, 0.1) is 6.92 Å². The quantitative estimate of drug-likeness (QED) is 0.858. The first-order valence-corrected chi connectivity index (χ1v) is 8.33. The molecule has 0 aliphatic heterocycles. The number of carbonyl (C=O) groups excluding carboxylic acids is 2. The first-order valence-electron chi connectivity index (χ1n) is 7.95. The normalized spacial score (nSPS) is 11.6. The van der Waals surface area contributed by atoms with Gasteiger partial charge in [-0.1, -0.05) is 23.7 Å². The number of benzene rings is 2. The van der Waals surface area contributed by atoms with Gasteiger partial charge in [-0.3, -0.25) is 4.79 Å². The van der Waals surface area contributed by atoms with Crippen LogP contribution in [0.25, 0.3) is 0 Å². The number of aryl methyl sites for hydroxylation is 1. The molecule has 0 radical (unpaired) electrons. The molecular formula is C19H22ClN3O2. The first kappa shape index (κ1) is 18.8. The molecule has 0 unspecified atom stereocenters. The zero-order valence-corrected chi connectivity index (χ0v) is 15.5. The zero-order valence-electron chi connectivity index (χ0n) is 14.8. The fourth-order valence-electron chi connectivity index (χ4n) is 2.46. The second-order valence-corrected chi connectivity index (χ2v) is 6.32. The van der Waals surface area contributed by atoms with Gasteiger partial charge < -0.3 is 15.5 Å². The summed E-state index contributed by atoms with van der Waals surface area (Å²) in [4.78, 5) is 25.8. The van der Waals surface area contributed by atoms with Crippen LogP contribution in [0.15, 0.2) is 42.5 Å². The van der Waals surface area contributed by atoms with Crippen LogP contribution >= 0.6 is 11.6 Å². The minimum absolute atomic E-state index is 0.135. The molecule has 2 aromatic carbocycles. The standard InChI is InChI=1S/C19H22ClN3O2/c1-12-10-15(18(24)21-3)8-9-17(12)22-19(25)23(4)13(2)14-6-5-7-16(20)11-14/h5-11,13H,1-4H3,(H,21,24)(H,22,25)/t13-/m1/s1. The van der Waals surface area contributed by atoms with E-state index >= 15 is 0 Å². The Bertz CT molecular complexity index is 792. The molecule has 6 heteroatoms. The number of anilines is 1. The summed E-state index contributed by atoms with van der Waals surface area (Å²) in [5.41, 5.74) is 3.00. The van der Waals surface area contributed by atoms with Gasteiger partial charge in [0.1, 0.15) is 0 Å². The molecule has 0 saturated carbocycles. The number of hydrogen-bond donors (Lipinski definition) is 2. The van der Waals surface area contributed by atoms with Crippen LogP contribution in [0.1, 0.15) is 34.5 Å². The summed E-state index contributed by atoms with van der Waals surface area (Å²) in [5.74, 6) is -0.160. The Kier molecular flexibility index (Phi) is 6.04. The van der Waals surface area contributed by atoms with Crippen molar-refractivity contribution in [1.29, 1.82) is 0 Å². The fraction of sp³-hybridized carbons (Fsp3) is 0.263. The zero-order chi connectivity index (χ0) is 18.6. The van der Waals surface area contributed by atoms with Crippen LogP contribution in [-0.2, 0) is 0 Å². The van der Waals surface area contributed by atoms with Gasteiger partial charge in [-0.2, -0.15) is 0 Å². The molecule has 2 N–H and O–H groups in total. The van der Waals surface area contributed by atoms with E-state index in [0.717, 1.165) is 11.1 Å². The molecule has 0 aliphatic rings. The number of urea groups is 1. The Balaban J connectivity index is 2.12. The second kappa shape index (κ2) is 8.03. The second-order valence-electron chi connectivity index (χ2n) is 5.88. The maximum Gasteiger partial charge on any atom is 0.322 e. The number of carbonyl (C=O) groups is 2. The van der Waals surface area contributed by atoms with Crippen molar-refractivity contribution < 1.29 is 9.59 Å². The third-order valence-electron chi connectivity index (χ3n) is 4.19. The highest BCUT2D eigenvalue weighted by atomic mass is 35.5. The van der Waals surface area contributed by atoms with Crippen molar-refractivity contribution in [3.05, 3.63) is 64.2 Å². The minimum Gasteiger partial charge on any atom is -0.355 e. The molecule has 132 valence electrons. The monoisotopic (exact) mass is 359 g/mol. The summed E-state index contributed by atoms with van der Waals surface area (Å²) >= 11 is 6.02. The van der Waals surface area contributed by atoms with Crippen molar-refractivity contribution in [3.8, 4) is 0 Å². The maximum absolute atomic E-state index is 12.5. The summed E-state index contributed by atoms with van der Waals surface area (Å²) in [7, 11) is 3.31. The van der Waals surface area contributed by atoms with Crippen molar-refractivity contribution in [1.82, 2.24) is 10.2 Å². The molecule has 0 aliphatic carbocycles. The van der Waals surface area contributed by atoms with Gasteiger partial charge in [0.2, 0.25) is 0 Å². The van der Waals surface area contributed by atoms with Gasteiger partial charge in [0.05, 0.1) is 6.04 Å². The van der Waals surface area contributed by atoms with Gasteiger partial charge in [0.25, 0.3) is 5.91 Å². The Labute approximate surface area is 153 Å². The molecule has 0 aromatic heterocycles. The third kappa shape index (κ3) is 4.51. The van der Waals surface area contributed by atoms with Gasteiger partial charge in [-0.15, -0.1) is 0 Å². The lowest BCUT2D eigenvalue weighted by atomic mass is 10.1. The van der Waals surface area contributed by atoms with Crippen LogP contribution < -0.4 is 10.6 Å². The molecular weight excluding hydrogens is 338 g/mol. The number of rotatable bonds is 4. The minimum atomic E-state index is -0.233. The predicted octanol–water partition coefficient (Wildman–Crippen LogP) is 4.23. The average Bonchev–Trinajstić information content (AvgIpc) is 2.61. The lowest BCUT2D eigenvalue weighted by Gasteiger charge is -2.26. The Hall–Kier alpha value is -2.53. The van der Waals surface area contributed by atoms with E-state index in [4.69, 9.17) is 11.6 Å². The van der Waals surface area contributed by atoms with Crippen LogP contribution in [0.3, 0.4) is 0 Å². The van der Waals surface area contributed by atoms with Crippen molar-refractivity contribution in [2.45, 2.75) is 19.9 Å². The Morgan fingerprint density at radius 1 is 1.16 bits per heavy atom. The van der Waals surface area contributed by atoms with E-state index in [9.17, 15) is 9.59 Å². The van der Waals surface area contributed by atoms with E-state index in [1.807, 2.05) is 32.0 Å². The Morgan fingerprint density at radius 2 is 1.88 bits per heavy atom. The molecule has 0 spiro atoms. The summed E-state index contributed by atoms with van der Waals surface area (Å²) in [5, 5.41) is 6.10. The smallest absolute Gasteiger partial charge is 0.322 e. The van der Waals surface area contributed by atoms with Crippen molar-refractivity contribution in [3.63, 3.8) is 0 Å². The number of amides is 3. The summed E-state index contributed by atoms with van der Waals surface area (Å²) in [6, 6.07) is 12.2. The van der Waals surface area contributed by atoms with Crippen molar-refractivity contribution in [2.24, 2.45) is 0 Å². The summed E-state index contributed by atoms with van der Waals surface area (Å²) < 4.78 is 0. The highest BCUT2D eigenvalue weighted by Crippen LogP contribution is 2.23. The molecule has 5 nitrogen and oxygen atoms in total. The third-order valence-corrected chi connectivity index (χ3v) is 4.42. The maximum atomic E-state index is 12.5. The molecule has 2 rings (SSSR count). The Morgan fingerprint density at radius 3 is 2.48 bits per heavy atom. The van der Waals surface area contributed by atoms with Gasteiger partial charge in [-0.05, 0) is 55.3 Å². The van der Waals surface area contributed by atoms with E-state index < -0.39 is 0 Å². The number of nitrogens with zero attached hydrogens (tertiary/aromatic N) is 1. The topological polar surface area (TPSA) is 61.4 Å². The molecule has 0 fully saturated rings. The summed E-state index contributed by atoms with van der Waals surface area (Å²) in [6.07, 6.45) is 0. The molecule has 0 heterocycles. The lowest BCUT2D eigenvalue weighted by molar-refractivity contribution is 0.0963. The van der Waals surface area contributed by atoms with Gasteiger partial charge >= 0.3 is 6.03 Å². The van der Waals surface area contributed by atoms with Gasteiger partial charge in [0.15, 0.2) is 0 Å². The molecule has 1 atom stereocenters. The lowest BCUT2D eigenvalue weighted by Crippen LogP contribution is -2.33. The van der Waals surface area contributed by atoms with Gasteiger partial charge in [0, 0.05) is 30.4 Å². The van der Waals surface area contributed by atoms with Gasteiger partial charge in [-0.25, -0.2) is 4.79 Å². The predicted molar refractivity (Wildman–Crippen MR) is 101 cm³/mol. The van der Waals surface area contributed by atoms with Crippen LogP contribution in [0.2, 0.25) is 5.02 Å². The van der Waals surface area contributed by atoms with Crippen LogP contribution in [0.5, 0.6) is 0 Å². The molecule has 2 aromatic rings. The van der Waals surface area contributed by atoms with E-state index in [0.29, 0.717) is 16.3 Å². The number of halogens is 1. The first-order chi connectivity index (χ1) is 11.8. The van der Waals surface area contributed by atoms with Crippen LogP contribution in [-0.4, -0.2) is 30.9 Å². The van der Waals surface area contributed by atoms with Crippen molar-refractivity contribution in [2.75, 3.05) is 19.4 Å². The highest BCUT2D eigenvalue weighted by molar-refractivity contribution is 6.30. The van der Waals surface area contributed by atoms with E-state index in [1.54, 1.807) is 43.3 Å². The highest BCUT2D eigenvalue weighted by Gasteiger charge is 2.18. The molecule has 3 amide bonds.